The first-order valence-electron chi connectivity index (χ1n) is 8.16. The molecule has 0 heterocycles. The van der Waals surface area contributed by atoms with Crippen LogP contribution in [-0.2, 0) is 4.79 Å². The molecule has 0 atom stereocenters. The first kappa shape index (κ1) is 20.5. The number of hydrogen-bond acceptors (Lipinski definition) is 3. The number of ether oxygens (including phenoxy) is 1. The molecule has 27 heavy (non-hydrogen) atoms. The highest BCUT2D eigenvalue weighted by Gasteiger charge is 2.29. The van der Waals surface area contributed by atoms with Gasteiger partial charge in [-0.1, -0.05) is 17.7 Å². The van der Waals surface area contributed by atoms with Crippen LogP contribution in [0.5, 0.6) is 5.75 Å². The van der Waals surface area contributed by atoms with Gasteiger partial charge in [0.2, 0.25) is 5.91 Å². The smallest absolute Gasteiger partial charge is 0.422 e. The summed E-state index contributed by atoms with van der Waals surface area (Å²) in [4.78, 5) is 12.2. The first-order valence-corrected chi connectivity index (χ1v) is 8.16. The summed E-state index contributed by atoms with van der Waals surface area (Å²) in [5.41, 5.74) is 3.47. The van der Waals surface area contributed by atoms with Crippen LogP contribution in [0.25, 0.3) is 0 Å². The number of halogens is 4. The number of aryl methyl sites for hydroxylation is 3. The fraction of sp³-hybridized carbons (Fsp3) is 0.316. The van der Waals surface area contributed by atoms with Gasteiger partial charge in [0.05, 0.1) is 12.2 Å². The van der Waals surface area contributed by atoms with Crippen molar-refractivity contribution in [3.8, 4) is 5.75 Å². The molecule has 0 radical (unpaired) electrons. The quantitative estimate of drug-likeness (QED) is 0.707. The van der Waals surface area contributed by atoms with Crippen LogP contribution in [0.3, 0.4) is 0 Å². The maximum absolute atomic E-state index is 13.4. The average molecular weight is 384 g/mol. The number of benzene rings is 2. The van der Waals surface area contributed by atoms with E-state index in [1.165, 1.54) is 0 Å². The van der Waals surface area contributed by atoms with Gasteiger partial charge in [0, 0.05) is 11.8 Å². The molecule has 2 aromatic carbocycles. The van der Waals surface area contributed by atoms with Crippen LogP contribution in [0, 0.1) is 26.6 Å². The third-order valence-corrected chi connectivity index (χ3v) is 3.71. The van der Waals surface area contributed by atoms with Gasteiger partial charge in [-0.05, 0) is 44.0 Å². The molecule has 0 spiro atoms. The zero-order chi connectivity index (χ0) is 20.2. The van der Waals surface area contributed by atoms with Gasteiger partial charge in [-0.3, -0.25) is 4.79 Å². The van der Waals surface area contributed by atoms with Crippen LogP contribution in [0.2, 0.25) is 0 Å². The minimum absolute atomic E-state index is 0.0354. The zero-order valence-corrected chi connectivity index (χ0v) is 15.1. The molecule has 8 heteroatoms. The van der Waals surface area contributed by atoms with E-state index in [2.05, 4.69) is 15.4 Å². The van der Waals surface area contributed by atoms with E-state index in [0.29, 0.717) is 5.69 Å². The molecule has 2 aromatic rings. The summed E-state index contributed by atoms with van der Waals surface area (Å²) in [7, 11) is 0. The topological polar surface area (TPSA) is 50.4 Å². The molecule has 1 amide bonds. The minimum Gasteiger partial charge on any atom is -0.482 e. The Kier molecular flexibility index (Phi) is 6.30. The summed E-state index contributed by atoms with van der Waals surface area (Å²) in [6.45, 7) is 3.89. The average Bonchev–Trinajstić information content (AvgIpc) is 2.54. The molecule has 0 bridgehead atoms. The van der Waals surface area contributed by atoms with Gasteiger partial charge in [-0.25, -0.2) is 4.39 Å². The van der Waals surface area contributed by atoms with Crippen molar-refractivity contribution in [2.24, 2.45) is 0 Å². The van der Waals surface area contributed by atoms with E-state index in [1.54, 1.807) is 0 Å². The van der Waals surface area contributed by atoms with Gasteiger partial charge < -0.3 is 15.4 Å². The summed E-state index contributed by atoms with van der Waals surface area (Å²) in [5, 5.41) is 5.37. The molecule has 0 fully saturated rings. The number of amides is 1. The predicted molar refractivity (Wildman–Crippen MR) is 95.7 cm³/mol. The summed E-state index contributed by atoms with van der Waals surface area (Å²) < 4.78 is 55.1. The maximum atomic E-state index is 13.4. The summed E-state index contributed by atoms with van der Waals surface area (Å²) in [6, 6.07) is 6.88. The SMILES string of the molecule is Cc1cc(C)c(NC(=O)CNc2cc(F)ccc2OCC(F)(F)F)c(C)c1. The first-order chi connectivity index (χ1) is 12.5. The van der Waals surface area contributed by atoms with Crippen molar-refractivity contribution in [3.05, 3.63) is 52.8 Å². The number of carbonyl (C=O) groups excluding carboxylic acids is 1. The number of alkyl halides is 3. The van der Waals surface area contributed by atoms with Crippen molar-refractivity contribution in [3.63, 3.8) is 0 Å². The molecule has 0 aliphatic rings. The highest BCUT2D eigenvalue weighted by atomic mass is 19.4. The van der Waals surface area contributed by atoms with Crippen molar-refractivity contribution in [2.45, 2.75) is 26.9 Å². The Balaban J connectivity index is 2.05. The second-order valence-corrected chi connectivity index (χ2v) is 6.22. The van der Waals surface area contributed by atoms with Crippen molar-refractivity contribution in [1.29, 1.82) is 0 Å². The Morgan fingerprint density at radius 2 is 1.70 bits per heavy atom. The lowest BCUT2D eigenvalue weighted by atomic mass is 10.1. The third kappa shape index (κ3) is 6.16. The van der Waals surface area contributed by atoms with Gasteiger partial charge in [-0.15, -0.1) is 0 Å². The monoisotopic (exact) mass is 384 g/mol. The molecule has 0 saturated carbocycles. The van der Waals surface area contributed by atoms with E-state index in [4.69, 9.17) is 0 Å². The van der Waals surface area contributed by atoms with Crippen LogP contribution in [0.15, 0.2) is 30.3 Å². The number of hydrogen-bond donors (Lipinski definition) is 2. The van der Waals surface area contributed by atoms with E-state index >= 15 is 0 Å². The Labute approximate surface area is 154 Å². The standard InChI is InChI=1S/C19H20F4N2O2/c1-11-6-12(2)18(13(3)7-11)25-17(26)9-24-15-8-14(20)4-5-16(15)27-10-19(21,22)23/h4-8,24H,9-10H2,1-3H3,(H,25,26). The van der Waals surface area contributed by atoms with Gasteiger partial charge in [0.25, 0.3) is 0 Å². The highest BCUT2D eigenvalue weighted by Crippen LogP contribution is 2.27. The molecule has 2 rings (SSSR count). The van der Waals surface area contributed by atoms with Gasteiger partial charge in [0.15, 0.2) is 6.61 Å². The van der Waals surface area contributed by atoms with E-state index < -0.39 is 24.5 Å². The summed E-state index contributed by atoms with van der Waals surface area (Å²) in [6.07, 6.45) is -4.52. The van der Waals surface area contributed by atoms with Crippen LogP contribution >= 0.6 is 0 Å². The lowest BCUT2D eigenvalue weighted by Crippen LogP contribution is -2.24. The Morgan fingerprint density at radius 3 is 2.30 bits per heavy atom. The van der Waals surface area contributed by atoms with E-state index in [0.717, 1.165) is 34.9 Å². The van der Waals surface area contributed by atoms with E-state index in [1.807, 2.05) is 32.9 Å². The van der Waals surface area contributed by atoms with Crippen molar-refractivity contribution < 1.29 is 27.1 Å². The molecule has 0 aliphatic carbocycles. The molecule has 4 nitrogen and oxygen atoms in total. The van der Waals surface area contributed by atoms with Crippen molar-refractivity contribution in [1.82, 2.24) is 0 Å². The molecule has 0 unspecified atom stereocenters. The predicted octanol–water partition coefficient (Wildman–Crippen LogP) is 4.74. The maximum Gasteiger partial charge on any atom is 0.422 e. The number of nitrogens with one attached hydrogen (secondary N) is 2. The number of carbonyl (C=O) groups is 1. The lowest BCUT2D eigenvalue weighted by molar-refractivity contribution is -0.153. The Bertz CT molecular complexity index is 812. The summed E-state index contributed by atoms with van der Waals surface area (Å²) >= 11 is 0. The van der Waals surface area contributed by atoms with Crippen molar-refractivity contribution in [2.75, 3.05) is 23.8 Å². The van der Waals surface area contributed by atoms with Crippen LogP contribution in [0.1, 0.15) is 16.7 Å². The lowest BCUT2D eigenvalue weighted by Gasteiger charge is -2.16. The molecule has 146 valence electrons. The van der Waals surface area contributed by atoms with Crippen LogP contribution in [0.4, 0.5) is 28.9 Å². The van der Waals surface area contributed by atoms with E-state index in [9.17, 15) is 22.4 Å². The minimum atomic E-state index is -4.52. The largest absolute Gasteiger partial charge is 0.482 e. The number of anilines is 2. The Morgan fingerprint density at radius 1 is 1.07 bits per heavy atom. The van der Waals surface area contributed by atoms with Crippen LogP contribution < -0.4 is 15.4 Å². The van der Waals surface area contributed by atoms with Crippen LogP contribution in [-0.4, -0.2) is 25.2 Å². The Hall–Kier alpha value is -2.77. The zero-order valence-electron chi connectivity index (χ0n) is 15.1. The second-order valence-electron chi connectivity index (χ2n) is 6.22. The van der Waals surface area contributed by atoms with Gasteiger partial charge in [-0.2, -0.15) is 13.2 Å². The highest BCUT2D eigenvalue weighted by molar-refractivity contribution is 5.95. The number of rotatable bonds is 6. The molecule has 2 N–H and O–H groups in total. The molecule has 0 aliphatic heterocycles. The second kappa shape index (κ2) is 8.28. The van der Waals surface area contributed by atoms with Gasteiger partial charge >= 0.3 is 6.18 Å². The van der Waals surface area contributed by atoms with E-state index in [-0.39, 0.29) is 18.0 Å². The molecule has 0 saturated heterocycles. The van der Waals surface area contributed by atoms with Crippen molar-refractivity contribution >= 4 is 17.3 Å². The normalized spacial score (nSPS) is 11.2. The molecular weight excluding hydrogens is 364 g/mol. The third-order valence-electron chi connectivity index (χ3n) is 3.71. The van der Waals surface area contributed by atoms with Gasteiger partial charge in [0.1, 0.15) is 11.6 Å². The fourth-order valence-corrected chi connectivity index (χ4v) is 2.66. The molecule has 0 aromatic heterocycles. The molecular formula is C19H20F4N2O2. The fourth-order valence-electron chi connectivity index (χ4n) is 2.66. The summed E-state index contributed by atoms with van der Waals surface area (Å²) in [5.74, 6) is -1.28.